The van der Waals surface area contributed by atoms with Gasteiger partial charge in [-0.25, -0.2) is 4.39 Å². The van der Waals surface area contributed by atoms with Gasteiger partial charge in [0.05, 0.1) is 12.1 Å². The summed E-state index contributed by atoms with van der Waals surface area (Å²) in [6.45, 7) is 5.47. The molecule has 3 nitrogen and oxygen atoms in total. The Hall–Kier alpha value is -1.55. The van der Waals surface area contributed by atoms with Crippen LogP contribution in [0.3, 0.4) is 0 Å². The van der Waals surface area contributed by atoms with Gasteiger partial charge in [0.25, 0.3) is 0 Å². The molecule has 0 amide bonds. The molecule has 0 heterocycles. The van der Waals surface area contributed by atoms with Crippen LogP contribution in [-0.4, -0.2) is 38.0 Å². The lowest BCUT2D eigenvalue weighted by atomic mass is 10.1. The summed E-state index contributed by atoms with van der Waals surface area (Å²) in [4.78, 5) is 16.2. The Morgan fingerprint density at radius 3 is 2.88 bits per heavy atom. The first-order valence-corrected chi connectivity index (χ1v) is 5.02. The molecule has 0 aliphatic heterocycles. The van der Waals surface area contributed by atoms with Crippen LogP contribution in [0.4, 0.5) is 4.39 Å². The predicted molar refractivity (Wildman–Crippen MR) is 62.5 cm³/mol. The van der Waals surface area contributed by atoms with Crippen molar-refractivity contribution in [2.24, 2.45) is 4.99 Å². The van der Waals surface area contributed by atoms with Crippen molar-refractivity contribution in [1.29, 1.82) is 0 Å². The van der Waals surface area contributed by atoms with Gasteiger partial charge in [0.1, 0.15) is 5.82 Å². The van der Waals surface area contributed by atoms with E-state index in [9.17, 15) is 9.18 Å². The van der Waals surface area contributed by atoms with E-state index in [0.29, 0.717) is 19.4 Å². The molecule has 0 atom stereocenters. The van der Waals surface area contributed by atoms with Crippen molar-refractivity contribution in [3.05, 3.63) is 35.1 Å². The highest BCUT2D eigenvalue weighted by atomic mass is 19.1. The van der Waals surface area contributed by atoms with Crippen molar-refractivity contribution in [2.75, 3.05) is 20.1 Å². The summed E-state index contributed by atoms with van der Waals surface area (Å²) in [5.41, 5.74) is 0.939. The Morgan fingerprint density at radius 1 is 1.56 bits per heavy atom. The van der Waals surface area contributed by atoms with Gasteiger partial charge in [0.2, 0.25) is 0 Å². The first-order valence-electron chi connectivity index (χ1n) is 5.02. The Bertz CT molecular complexity index is 379. The minimum atomic E-state index is -0.470. The molecule has 1 rings (SSSR count). The summed E-state index contributed by atoms with van der Waals surface area (Å²) in [7, 11) is 1.93. The number of aliphatic imine (C=N–C) groups is 1. The lowest BCUT2D eigenvalue weighted by Gasteiger charge is -2.15. The number of aldehydes is 1. The number of hydrogen-bond acceptors (Lipinski definition) is 3. The van der Waals surface area contributed by atoms with E-state index < -0.39 is 5.82 Å². The average Bonchev–Trinajstić information content (AvgIpc) is 2.26. The van der Waals surface area contributed by atoms with E-state index in [4.69, 9.17) is 0 Å². The number of benzene rings is 1. The quantitative estimate of drug-likeness (QED) is 0.543. The first-order chi connectivity index (χ1) is 7.67. The molecule has 1 aromatic carbocycles. The van der Waals surface area contributed by atoms with E-state index in [0.717, 1.165) is 12.1 Å². The van der Waals surface area contributed by atoms with Crippen molar-refractivity contribution in [2.45, 2.75) is 6.54 Å². The summed E-state index contributed by atoms with van der Waals surface area (Å²) in [5.74, 6) is -0.470. The van der Waals surface area contributed by atoms with E-state index in [1.54, 1.807) is 6.07 Å². The average molecular weight is 222 g/mol. The number of hydrogen-bond donors (Lipinski definition) is 0. The van der Waals surface area contributed by atoms with Crippen molar-refractivity contribution in [1.82, 2.24) is 4.90 Å². The third-order valence-corrected chi connectivity index (χ3v) is 2.28. The number of rotatable bonds is 6. The number of carbonyl (C=O) groups excluding carboxylic acids is 1. The Morgan fingerprint density at radius 2 is 2.31 bits per heavy atom. The third-order valence-electron chi connectivity index (χ3n) is 2.28. The van der Waals surface area contributed by atoms with E-state index >= 15 is 0 Å². The fourth-order valence-electron chi connectivity index (χ4n) is 1.40. The smallest absolute Gasteiger partial charge is 0.152 e. The molecule has 0 unspecified atom stereocenters. The lowest BCUT2D eigenvalue weighted by Crippen LogP contribution is -2.21. The molecule has 0 saturated heterocycles. The van der Waals surface area contributed by atoms with Gasteiger partial charge in [-0.15, -0.1) is 0 Å². The van der Waals surface area contributed by atoms with Gasteiger partial charge in [-0.3, -0.25) is 9.79 Å². The molecule has 0 bridgehead atoms. The highest BCUT2D eigenvalue weighted by Crippen LogP contribution is 2.10. The van der Waals surface area contributed by atoms with Crippen LogP contribution in [0, 0.1) is 5.82 Å². The Labute approximate surface area is 94.6 Å². The molecule has 86 valence electrons. The van der Waals surface area contributed by atoms with Crippen molar-refractivity contribution < 1.29 is 9.18 Å². The van der Waals surface area contributed by atoms with E-state index in [-0.39, 0.29) is 5.56 Å². The molecule has 0 spiro atoms. The van der Waals surface area contributed by atoms with E-state index in [1.807, 2.05) is 11.9 Å². The van der Waals surface area contributed by atoms with Crippen LogP contribution in [0.25, 0.3) is 0 Å². The topological polar surface area (TPSA) is 32.7 Å². The SMILES string of the molecule is C=NCCN(C)Cc1ccc(C=O)c(F)c1. The molecule has 0 aromatic heterocycles. The largest absolute Gasteiger partial charge is 0.300 e. The number of carbonyl (C=O) groups is 1. The number of nitrogens with zero attached hydrogens (tertiary/aromatic N) is 2. The van der Waals surface area contributed by atoms with Crippen LogP contribution in [-0.2, 0) is 6.54 Å². The minimum Gasteiger partial charge on any atom is -0.300 e. The van der Waals surface area contributed by atoms with Crippen LogP contribution in [0.2, 0.25) is 0 Å². The summed E-state index contributed by atoms with van der Waals surface area (Å²) >= 11 is 0. The van der Waals surface area contributed by atoms with Crippen LogP contribution < -0.4 is 0 Å². The molecule has 0 aliphatic rings. The van der Waals surface area contributed by atoms with Gasteiger partial charge in [0, 0.05) is 13.1 Å². The highest BCUT2D eigenvalue weighted by molar-refractivity contribution is 5.75. The Kier molecular flexibility index (Phi) is 4.79. The molecule has 0 radical (unpaired) electrons. The monoisotopic (exact) mass is 222 g/mol. The van der Waals surface area contributed by atoms with Gasteiger partial charge >= 0.3 is 0 Å². The zero-order valence-electron chi connectivity index (χ0n) is 9.32. The van der Waals surface area contributed by atoms with Crippen molar-refractivity contribution in [3.63, 3.8) is 0 Å². The predicted octanol–water partition coefficient (Wildman–Crippen LogP) is 1.77. The maximum atomic E-state index is 13.3. The molecule has 1 aromatic rings. The number of halogens is 1. The maximum Gasteiger partial charge on any atom is 0.152 e. The minimum absolute atomic E-state index is 0.0964. The van der Waals surface area contributed by atoms with Crippen LogP contribution in [0.15, 0.2) is 23.2 Å². The lowest BCUT2D eigenvalue weighted by molar-refractivity contribution is 0.112. The fourth-order valence-corrected chi connectivity index (χ4v) is 1.40. The summed E-state index contributed by atoms with van der Waals surface area (Å²) < 4.78 is 13.3. The molecule has 0 fully saturated rings. The van der Waals surface area contributed by atoms with Gasteiger partial charge in [-0.1, -0.05) is 6.07 Å². The standard InChI is InChI=1S/C12H15FN2O/c1-14-5-6-15(2)8-10-3-4-11(9-16)12(13)7-10/h3-4,7,9H,1,5-6,8H2,2H3. The van der Waals surface area contributed by atoms with Crippen LogP contribution in [0.5, 0.6) is 0 Å². The normalized spacial score (nSPS) is 10.4. The van der Waals surface area contributed by atoms with Crippen molar-refractivity contribution in [3.8, 4) is 0 Å². The molecule has 0 aliphatic carbocycles. The Balaban J connectivity index is 2.63. The van der Waals surface area contributed by atoms with Gasteiger partial charge in [-0.05, 0) is 31.5 Å². The van der Waals surface area contributed by atoms with Crippen molar-refractivity contribution >= 4 is 13.0 Å². The zero-order chi connectivity index (χ0) is 12.0. The summed E-state index contributed by atoms with van der Waals surface area (Å²) in [6.07, 6.45) is 0.518. The second-order valence-electron chi connectivity index (χ2n) is 3.66. The van der Waals surface area contributed by atoms with Gasteiger partial charge in [0.15, 0.2) is 6.29 Å². The van der Waals surface area contributed by atoms with Crippen LogP contribution >= 0.6 is 0 Å². The zero-order valence-corrected chi connectivity index (χ0v) is 9.32. The molecule has 16 heavy (non-hydrogen) atoms. The second kappa shape index (κ2) is 6.12. The highest BCUT2D eigenvalue weighted by Gasteiger charge is 2.04. The second-order valence-corrected chi connectivity index (χ2v) is 3.66. The third kappa shape index (κ3) is 3.55. The molecular weight excluding hydrogens is 207 g/mol. The number of likely N-dealkylation sites (N-methyl/N-ethyl adjacent to an activating group) is 1. The molecule has 4 heteroatoms. The van der Waals surface area contributed by atoms with E-state index in [1.165, 1.54) is 12.1 Å². The van der Waals surface area contributed by atoms with Crippen LogP contribution in [0.1, 0.15) is 15.9 Å². The summed E-state index contributed by atoms with van der Waals surface area (Å²) in [5, 5.41) is 0. The van der Waals surface area contributed by atoms with Gasteiger partial charge < -0.3 is 4.90 Å². The molecule has 0 saturated carbocycles. The molecule has 0 N–H and O–H groups in total. The van der Waals surface area contributed by atoms with Gasteiger partial charge in [-0.2, -0.15) is 0 Å². The first kappa shape index (κ1) is 12.5. The maximum absolute atomic E-state index is 13.3. The van der Waals surface area contributed by atoms with E-state index in [2.05, 4.69) is 11.7 Å². The molecular formula is C12H15FN2O. The fraction of sp³-hybridized carbons (Fsp3) is 0.333. The summed E-state index contributed by atoms with van der Waals surface area (Å²) in [6, 6.07) is 4.64.